The predicted octanol–water partition coefficient (Wildman–Crippen LogP) is 4.00. The summed E-state index contributed by atoms with van der Waals surface area (Å²) in [5.74, 6) is 0.877. The van der Waals surface area contributed by atoms with Crippen molar-refractivity contribution >= 4 is 11.8 Å². The lowest BCUT2D eigenvalue weighted by atomic mass is 10.1. The Bertz CT molecular complexity index is 813. The Labute approximate surface area is 139 Å². The molecule has 0 fully saturated rings. The molecule has 1 unspecified atom stereocenters. The summed E-state index contributed by atoms with van der Waals surface area (Å²) in [4.78, 5) is 1.29. The number of hydrogen-bond donors (Lipinski definition) is 0. The summed E-state index contributed by atoms with van der Waals surface area (Å²) in [5, 5.41) is 12.4. The third-order valence-electron chi connectivity index (χ3n) is 4.24. The van der Waals surface area contributed by atoms with Crippen LogP contribution in [0, 0.1) is 0 Å². The number of tetrazole rings is 1. The van der Waals surface area contributed by atoms with Crippen LogP contribution in [0.4, 0.5) is 0 Å². The molecule has 1 atom stereocenters. The van der Waals surface area contributed by atoms with Gasteiger partial charge in [-0.15, -0.1) is 16.9 Å². The van der Waals surface area contributed by atoms with Gasteiger partial charge in [0.2, 0.25) is 0 Å². The predicted molar refractivity (Wildman–Crippen MR) is 91.9 cm³/mol. The van der Waals surface area contributed by atoms with Crippen molar-refractivity contribution in [2.24, 2.45) is 0 Å². The fourth-order valence-corrected chi connectivity index (χ4v) is 4.10. The second-order valence-corrected chi connectivity index (χ2v) is 7.24. The van der Waals surface area contributed by atoms with Crippen LogP contribution in [-0.4, -0.2) is 20.2 Å². The van der Waals surface area contributed by atoms with Gasteiger partial charge in [0.25, 0.3) is 0 Å². The fourth-order valence-electron chi connectivity index (χ4n) is 3.08. The standard InChI is InChI=1S/C18H18N4S/c1-13(23-17-11-10-14-6-5-7-15(14)12-17)18-19-20-21-22(18)16-8-3-2-4-9-16/h2-4,8-13H,5-7H2,1H3. The Balaban J connectivity index is 1.58. The van der Waals surface area contributed by atoms with E-state index in [-0.39, 0.29) is 5.25 Å². The highest BCUT2D eigenvalue weighted by Crippen LogP contribution is 2.36. The molecule has 1 aromatic heterocycles. The van der Waals surface area contributed by atoms with E-state index in [2.05, 4.69) is 40.6 Å². The molecular weight excluding hydrogens is 304 g/mol. The molecule has 0 spiro atoms. The largest absolute Gasteiger partial charge is 0.196 e. The van der Waals surface area contributed by atoms with Crippen LogP contribution in [0.1, 0.15) is 35.5 Å². The van der Waals surface area contributed by atoms with Crippen molar-refractivity contribution in [3.05, 3.63) is 65.5 Å². The van der Waals surface area contributed by atoms with E-state index < -0.39 is 0 Å². The number of aromatic nitrogens is 4. The summed E-state index contributed by atoms with van der Waals surface area (Å²) in [5.41, 5.74) is 4.01. The van der Waals surface area contributed by atoms with Crippen LogP contribution in [-0.2, 0) is 12.8 Å². The van der Waals surface area contributed by atoms with Gasteiger partial charge >= 0.3 is 0 Å². The highest BCUT2D eigenvalue weighted by Gasteiger charge is 2.18. The summed E-state index contributed by atoms with van der Waals surface area (Å²) < 4.78 is 1.82. The average Bonchev–Trinajstić information content (AvgIpc) is 3.24. The van der Waals surface area contributed by atoms with Gasteiger partial charge in [0.05, 0.1) is 10.9 Å². The topological polar surface area (TPSA) is 43.6 Å². The zero-order valence-electron chi connectivity index (χ0n) is 13.0. The van der Waals surface area contributed by atoms with Gasteiger partial charge < -0.3 is 0 Å². The van der Waals surface area contributed by atoms with E-state index in [4.69, 9.17) is 0 Å². The van der Waals surface area contributed by atoms with Crippen LogP contribution in [0.5, 0.6) is 0 Å². The normalized spacial score (nSPS) is 14.7. The Morgan fingerprint density at radius 3 is 2.74 bits per heavy atom. The lowest BCUT2D eigenvalue weighted by Crippen LogP contribution is -2.04. The third-order valence-corrected chi connectivity index (χ3v) is 5.33. The van der Waals surface area contributed by atoms with E-state index in [0.29, 0.717) is 0 Å². The molecule has 4 rings (SSSR count). The number of hydrogen-bond acceptors (Lipinski definition) is 4. The maximum absolute atomic E-state index is 4.24. The van der Waals surface area contributed by atoms with E-state index >= 15 is 0 Å². The summed E-state index contributed by atoms with van der Waals surface area (Å²) in [6.07, 6.45) is 3.72. The first-order valence-corrected chi connectivity index (χ1v) is 8.81. The molecule has 0 radical (unpaired) electrons. The van der Waals surface area contributed by atoms with Crippen molar-refractivity contribution in [2.45, 2.75) is 36.3 Å². The molecule has 1 aliphatic rings. The highest BCUT2D eigenvalue weighted by molar-refractivity contribution is 7.99. The molecule has 23 heavy (non-hydrogen) atoms. The van der Waals surface area contributed by atoms with Crippen molar-refractivity contribution in [1.82, 2.24) is 20.2 Å². The second-order valence-electron chi connectivity index (χ2n) is 5.83. The van der Waals surface area contributed by atoms with Crippen LogP contribution < -0.4 is 0 Å². The molecule has 0 saturated carbocycles. The van der Waals surface area contributed by atoms with Crippen LogP contribution in [0.15, 0.2) is 53.4 Å². The number of thioether (sulfide) groups is 1. The number of rotatable bonds is 4. The monoisotopic (exact) mass is 322 g/mol. The second kappa shape index (κ2) is 6.16. The third kappa shape index (κ3) is 2.88. The first-order valence-electron chi connectivity index (χ1n) is 7.93. The van der Waals surface area contributed by atoms with Crippen molar-refractivity contribution in [3.8, 4) is 5.69 Å². The van der Waals surface area contributed by atoms with Crippen molar-refractivity contribution < 1.29 is 0 Å². The number of aryl methyl sites for hydroxylation is 2. The zero-order chi connectivity index (χ0) is 15.6. The van der Waals surface area contributed by atoms with Crippen LogP contribution in [0.3, 0.4) is 0 Å². The van der Waals surface area contributed by atoms with Crippen molar-refractivity contribution in [1.29, 1.82) is 0 Å². The van der Waals surface area contributed by atoms with E-state index in [1.165, 1.54) is 35.3 Å². The SMILES string of the molecule is CC(Sc1ccc2c(c1)CCC2)c1nnnn1-c1ccccc1. The maximum Gasteiger partial charge on any atom is 0.169 e. The number of fused-ring (bicyclic) bond motifs is 1. The number of para-hydroxylation sites is 1. The Morgan fingerprint density at radius 1 is 1.04 bits per heavy atom. The fraction of sp³-hybridized carbons (Fsp3) is 0.278. The molecule has 1 aliphatic carbocycles. The van der Waals surface area contributed by atoms with Crippen LogP contribution in [0.2, 0.25) is 0 Å². The maximum atomic E-state index is 4.24. The van der Waals surface area contributed by atoms with Crippen molar-refractivity contribution in [2.75, 3.05) is 0 Å². The zero-order valence-corrected chi connectivity index (χ0v) is 13.8. The van der Waals surface area contributed by atoms with E-state index in [0.717, 1.165) is 11.5 Å². The minimum atomic E-state index is 0.185. The summed E-state index contributed by atoms with van der Waals surface area (Å²) in [7, 11) is 0. The molecule has 0 amide bonds. The van der Waals surface area contributed by atoms with Gasteiger partial charge in [-0.25, -0.2) is 0 Å². The van der Waals surface area contributed by atoms with E-state index in [1.54, 1.807) is 0 Å². The minimum absolute atomic E-state index is 0.185. The average molecular weight is 322 g/mol. The van der Waals surface area contributed by atoms with Gasteiger partial charge in [-0.1, -0.05) is 24.3 Å². The molecule has 0 bridgehead atoms. The van der Waals surface area contributed by atoms with Crippen LogP contribution in [0.25, 0.3) is 5.69 Å². The van der Waals surface area contributed by atoms with Gasteiger partial charge in [0.15, 0.2) is 5.82 Å². The summed E-state index contributed by atoms with van der Waals surface area (Å²) in [6.45, 7) is 2.16. The van der Waals surface area contributed by atoms with Gasteiger partial charge in [-0.2, -0.15) is 4.68 Å². The molecule has 3 aromatic rings. The Kier molecular flexibility index (Phi) is 3.87. The molecular formula is C18H18N4S. The Morgan fingerprint density at radius 2 is 1.87 bits per heavy atom. The lowest BCUT2D eigenvalue weighted by molar-refractivity contribution is 0.763. The van der Waals surface area contributed by atoms with Gasteiger partial charge in [0, 0.05) is 4.90 Å². The van der Waals surface area contributed by atoms with Crippen LogP contribution >= 0.6 is 11.8 Å². The molecule has 1 heterocycles. The molecule has 116 valence electrons. The minimum Gasteiger partial charge on any atom is -0.196 e. The smallest absolute Gasteiger partial charge is 0.169 e. The number of nitrogens with zero attached hydrogens (tertiary/aromatic N) is 4. The molecule has 4 nitrogen and oxygen atoms in total. The molecule has 0 saturated heterocycles. The van der Waals surface area contributed by atoms with Crippen molar-refractivity contribution in [3.63, 3.8) is 0 Å². The molecule has 0 N–H and O–H groups in total. The van der Waals surface area contributed by atoms with Gasteiger partial charge in [0.1, 0.15) is 0 Å². The Hall–Kier alpha value is -2.14. The van der Waals surface area contributed by atoms with Gasteiger partial charge in [-0.3, -0.25) is 0 Å². The molecule has 2 aromatic carbocycles. The lowest BCUT2D eigenvalue weighted by Gasteiger charge is -2.12. The first-order chi connectivity index (χ1) is 11.3. The quantitative estimate of drug-likeness (QED) is 0.681. The molecule has 0 aliphatic heterocycles. The molecule has 5 heteroatoms. The first kappa shape index (κ1) is 14.5. The van der Waals surface area contributed by atoms with E-state index in [1.807, 2.05) is 46.8 Å². The summed E-state index contributed by atoms with van der Waals surface area (Å²) >= 11 is 1.81. The number of benzene rings is 2. The highest BCUT2D eigenvalue weighted by atomic mass is 32.2. The summed E-state index contributed by atoms with van der Waals surface area (Å²) in [6, 6.07) is 16.9. The van der Waals surface area contributed by atoms with Gasteiger partial charge in [-0.05, 0) is 72.0 Å². The van der Waals surface area contributed by atoms with E-state index in [9.17, 15) is 0 Å².